The first kappa shape index (κ1) is 12.8. The number of amides is 2. The maximum atomic E-state index is 11.7. The van der Waals surface area contributed by atoms with Crippen LogP contribution in [-0.4, -0.2) is 43.4 Å². The van der Waals surface area contributed by atoms with Crippen molar-refractivity contribution in [1.29, 1.82) is 0 Å². The summed E-state index contributed by atoms with van der Waals surface area (Å²) in [5.74, 6) is -0.114. The second-order valence-corrected chi connectivity index (χ2v) is 3.56. The molecule has 16 heavy (non-hydrogen) atoms. The van der Waals surface area contributed by atoms with Gasteiger partial charge in [-0.1, -0.05) is 6.92 Å². The Hall–Kier alpha value is -1.30. The van der Waals surface area contributed by atoms with Crippen LogP contribution in [0.2, 0.25) is 0 Å². The van der Waals surface area contributed by atoms with Gasteiger partial charge in [-0.15, -0.1) is 0 Å². The normalized spacial score (nSPS) is 16.6. The number of nitrogens with zero attached hydrogens (tertiary/aromatic N) is 1. The highest BCUT2D eigenvalue weighted by Gasteiger charge is 2.26. The van der Waals surface area contributed by atoms with Gasteiger partial charge in [0.25, 0.3) is 0 Å². The van der Waals surface area contributed by atoms with E-state index < -0.39 is 6.09 Å². The second kappa shape index (κ2) is 6.32. The number of methoxy groups -OCH3 is 1. The molecular weight excluding hydrogens is 212 g/mol. The Morgan fingerprint density at radius 1 is 1.44 bits per heavy atom. The van der Waals surface area contributed by atoms with Gasteiger partial charge in [-0.25, -0.2) is 15.2 Å². The SMILES string of the molecule is CCC(=O)N(NC(=O)OC)C1CCOCC1. The first-order chi connectivity index (χ1) is 7.69. The summed E-state index contributed by atoms with van der Waals surface area (Å²) in [5.41, 5.74) is 2.45. The third-order valence-electron chi connectivity index (χ3n) is 2.52. The third kappa shape index (κ3) is 3.37. The molecule has 1 aliphatic heterocycles. The van der Waals surface area contributed by atoms with Crippen LogP contribution in [0.4, 0.5) is 4.79 Å². The van der Waals surface area contributed by atoms with Crippen molar-refractivity contribution in [2.24, 2.45) is 0 Å². The molecular formula is C10H18N2O4. The van der Waals surface area contributed by atoms with E-state index in [0.717, 1.165) is 12.8 Å². The molecule has 0 radical (unpaired) electrons. The fourth-order valence-electron chi connectivity index (χ4n) is 1.61. The molecule has 0 bridgehead atoms. The lowest BCUT2D eigenvalue weighted by Crippen LogP contribution is -2.53. The molecule has 0 unspecified atom stereocenters. The number of carbonyl (C=O) groups is 2. The van der Waals surface area contributed by atoms with E-state index in [0.29, 0.717) is 19.6 Å². The van der Waals surface area contributed by atoms with E-state index >= 15 is 0 Å². The highest BCUT2D eigenvalue weighted by Crippen LogP contribution is 2.13. The summed E-state index contributed by atoms with van der Waals surface area (Å²) in [6.07, 6.45) is 1.19. The van der Waals surface area contributed by atoms with Gasteiger partial charge in [0.15, 0.2) is 0 Å². The van der Waals surface area contributed by atoms with E-state index in [4.69, 9.17) is 4.74 Å². The minimum absolute atomic E-state index is 0.000278. The Kier molecular flexibility index (Phi) is 5.04. The molecule has 0 aromatic carbocycles. The Balaban J connectivity index is 2.61. The molecule has 0 spiro atoms. The van der Waals surface area contributed by atoms with E-state index in [1.54, 1.807) is 6.92 Å². The molecule has 1 saturated heterocycles. The average Bonchev–Trinajstić information content (AvgIpc) is 2.35. The maximum Gasteiger partial charge on any atom is 0.425 e. The number of rotatable bonds is 2. The van der Waals surface area contributed by atoms with Crippen molar-refractivity contribution in [1.82, 2.24) is 10.4 Å². The molecule has 0 saturated carbocycles. The molecule has 0 aromatic heterocycles. The van der Waals surface area contributed by atoms with Gasteiger partial charge in [-0.05, 0) is 12.8 Å². The largest absolute Gasteiger partial charge is 0.452 e. The van der Waals surface area contributed by atoms with E-state index in [1.807, 2.05) is 0 Å². The topological polar surface area (TPSA) is 67.9 Å². The molecule has 92 valence electrons. The molecule has 1 N–H and O–H groups in total. The molecule has 1 heterocycles. The number of hydrogen-bond donors (Lipinski definition) is 1. The molecule has 2 amide bonds. The average molecular weight is 230 g/mol. The van der Waals surface area contributed by atoms with Crippen molar-refractivity contribution < 1.29 is 19.1 Å². The number of hydrogen-bond acceptors (Lipinski definition) is 4. The van der Waals surface area contributed by atoms with Gasteiger partial charge < -0.3 is 9.47 Å². The van der Waals surface area contributed by atoms with Gasteiger partial charge in [-0.3, -0.25) is 4.79 Å². The lowest BCUT2D eigenvalue weighted by atomic mass is 10.1. The minimum atomic E-state index is -0.617. The lowest BCUT2D eigenvalue weighted by Gasteiger charge is -2.33. The van der Waals surface area contributed by atoms with Gasteiger partial charge in [-0.2, -0.15) is 0 Å². The highest BCUT2D eigenvalue weighted by atomic mass is 16.5. The van der Waals surface area contributed by atoms with Crippen LogP contribution >= 0.6 is 0 Å². The minimum Gasteiger partial charge on any atom is -0.452 e. The third-order valence-corrected chi connectivity index (χ3v) is 2.52. The standard InChI is InChI=1S/C10H18N2O4/c1-3-9(13)12(11-10(14)15-2)8-4-6-16-7-5-8/h8H,3-7H2,1-2H3,(H,11,14). The summed E-state index contributed by atoms with van der Waals surface area (Å²) in [7, 11) is 1.27. The first-order valence-electron chi connectivity index (χ1n) is 5.43. The first-order valence-corrected chi connectivity index (χ1v) is 5.43. The van der Waals surface area contributed by atoms with Crippen LogP contribution < -0.4 is 5.43 Å². The fourth-order valence-corrected chi connectivity index (χ4v) is 1.61. The zero-order chi connectivity index (χ0) is 12.0. The Morgan fingerprint density at radius 2 is 2.06 bits per heavy atom. The molecule has 0 aromatic rings. The lowest BCUT2D eigenvalue weighted by molar-refractivity contribution is -0.138. The quantitative estimate of drug-likeness (QED) is 0.708. The summed E-state index contributed by atoms with van der Waals surface area (Å²) < 4.78 is 9.70. The van der Waals surface area contributed by atoms with E-state index in [2.05, 4.69) is 10.2 Å². The van der Waals surface area contributed by atoms with E-state index in [1.165, 1.54) is 12.1 Å². The maximum absolute atomic E-state index is 11.7. The monoisotopic (exact) mass is 230 g/mol. The summed E-state index contributed by atoms with van der Waals surface area (Å²) in [4.78, 5) is 22.8. The van der Waals surface area contributed by atoms with Crippen molar-refractivity contribution in [3.8, 4) is 0 Å². The van der Waals surface area contributed by atoms with Crippen LogP contribution in [0.3, 0.4) is 0 Å². The van der Waals surface area contributed by atoms with Crippen LogP contribution in [0.15, 0.2) is 0 Å². The summed E-state index contributed by atoms with van der Waals surface area (Å²) in [6, 6.07) is 0.000278. The van der Waals surface area contributed by atoms with Crippen molar-refractivity contribution in [3.63, 3.8) is 0 Å². The van der Waals surface area contributed by atoms with Gasteiger partial charge in [0, 0.05) is 19.6 Å². The molecule has 6 nitrogen and oxygen atoms in total. The second-order valence-electron chi connectivity index (χ2n) is 3.56. The summed E-state index contributed by atoms with van der Waals surface area (Å²) in [6.45, 7) is 2.98. The molecule has 1 aliphatic rings. The van der Waals surface area contributed by atoms with E-state index in [-0.39, 0.29) is 11.9 Å². The molecule has 6 heteroatoms. The van der Waals surface area contributed by atoms with Crippen molar-refractivity contribution >= 4 is 12.0 Å². The molecule has 0 atom stereocenters. The van der Waals surface area contributed by atoms with Crippen LogP contribution in [0.25, 0.3) is 0 Å². The molecule has 0 aliphatic carbocycles. The van der Waals surface area contributed by atoms with Gasteiger partial charge >= 0.3 is 6.09 Å². The van der Waals surface area contributed by atoms with Gasteiger partial charge in [0.05, 0.1) is 13.2 Å². The van der Waals surface area contributed by atoms with Crippen LogP contribution in [0.5, 0.6) is 0 Å². The molecule has 1 rings (SSSR count). The molecule has 1 fully saturated rings. The van der Waals surface area contributed by atoms with Crippen LogP contribution in [-0.2, 0) is 14.3 Å². The predicted octanol–water partition coefficient (Wildman–Crippen LogP) is 0.675. The Morgan fingerprint density at radius 3 is 2.56 bits per heavy atom. The Labute approximate surface area is 94.8 Å². The van der Waals surface area contributed by atoms with Gasteiger partial charge in [0.1, 0.15) is 0 Å². The summed E-state index contributed by atoms with van der Waals surface area (Å²) in [5, 5.41) is 1.37. The number of carbonyl (C=O) groups excluding carboxylic acids is 2. The van der Waals surface area contributed by atoms with Gasteiger partial charge in [0.2, 0.25) is 5.91 Å². The van der Waals surface area contributed by atoms with E-state index in [9.17, 15) is 9.59 Å². The predicted molar refractivity (Wildman–Crippen MR) is 56.5 cm³/mol. The highest BCUT2D eigenvalue weighted by molar-refractivity contribution is 5.79. The fraction of sp³-hybridized carbons (Fsp3) is 0.800. The number of nitrogens with one attached hydrogen (secondary N) is 1. The van der Waals surface area contributed by atoms with Crippen molar-refractivity contribution in [2.45, 2.75) is 32.2 Å². The zero-order valence-corrected chi connectivity index (χ0v) is 9.69. The summed E-state index contributed by atoms with van der Waals surface area (Å²) >= 11 is 0. The van der Waals surface area contributed by atoms with Crippen LogP contribution in [0.1, 0.15) is 26.2 Å². The van der Waals surface area contributed by atoms with Crippen molar-refractivity contribution in [2.75, 3.05) is 20.3 Å². The van der Waals surface area contributed by atoms with Crippen LogP contribution in [0, 0.1) is 0 Å². The smallest absolute Gasteiger partial charge is 0.425 e. The van der Waals surface area contributed by atoms with Crippen molar-refractivity contribution in [3.05, 3.63) is 0 Å². The number of ether oxygens (including phenoxy) is 2. The zero-order valence-electron chi connectivity index (χ0n) is 9.69. The number of hydrazine groups is 1. The Bertz CT molecular complexity index is 251.